The largest absolute Gasteiger partial charge is 0.475 e. The number of halogens is 2. The molecule has 1 saturated carbocycles. The fourth-order valence-electron chi connectivity index (χ4n) is 2.81. The maximum atomic E-state index is 13.9. The minimum Gasteiger partial charge on any atom is -0.475 e. The van der Waals surface area contributed by atoms with Crippen LogP contribution in [0.4, 0.5) is 8.78 Å². The molecule has 2 atom stereocenters. The van der Waals surface area contributed by atoms with Crippen LogP contribution in [0.15, 0.2) is 12.1 Å². The molecular weight excluding hydrogens is 304 g/mol. The van der Waals surface area contributed by atoms with Crippen molar-refractivity contribution in [1.82, 2.24) is 5.32 Å². The van der Waals surface area contributed by atoms with E-state index in [0.29, 0.717) is 0 Å². The maximum absolute atomic E-state index is 13.9. The predicted octanol–water partition coefficient (Wildman–Crippen LogP) is 2.26. The lowest BCUT2D eigenvalue weighted by Gasteiger charge is -2.30. The van der Waals surface area contributed by atoms with Crippen LogP contribution >= 0.6 is 0 Å². The normalized spacial score (nSPS) is 20.6. The van der Waals surface area contributed by atoms with Gasteiger partial charge in [0.05, 0.1) is 0 Å². The first-order chi connectivity index (χ1) is 11.1. The van der Waals surface area contributed by atoms with E-state index >= 15 is 0 Å². The van der Waals surface area contributed by atoms with Gasteiger partial charge in [0.15, 0.2) is 17.4 Å². The van der Waals surface area contributed by atoms with E-state index in [1.54, 1.807) is 0 Å². The van der Waals surface area contributed by atoms with E-state index < -0.39 is 23.3 Å². The monoisotopic (exact) mass is 323 g/mol. The molecule has 1 aromatic carbocycles. The van der Waals surface area contributed by atoms with Crippen LogP contribution in [0.1, 0.15) is 36.0 Å². The molecule has 1 amide bonds. The first kappa shape index (κ1) is 17.2. The molecule has 1 aromatic rings. The third-order valence-corrected chi connectivity index (χ3v) is 4.02. The summed E-state index contributed by atoms with van der Waals surface area (Å²) in [7, 11) is 0. The molecule has 0 spiro atoms. The van der Waals surface area contributed by atoms with Crippen molar-refractivity contribution >= 4 is 5.91 Å². The Bertz CT molecular complexity index is 589. The van der Waals surface area contributed by atoms with Crippen LogP contribution in [0.25, 0.3) is 0 Å². The number of benzene rings is 1. The lowest BCUT2D eigenvalue weighted by Crippen LogP contribution is -2.43. The molecule has 0 bridgehead atoms. The number of carbonyl (C=O) groups excluding carboxylic acids is 1. The summed E-state index contributed by atoms with van der Waals surface area (Å²) in [4.78, 5) is 12.2. The van der Waals surface area contributed by atoms with Crippen molar-refractivity contribution in [2.24, 2.45) is 5.92 Å². The average Bonchev–Trinajstić information content (AvgIpc) is 2.54. The van der Waals surface area contributed by atoms with E-state index in [9.17, 15) is 18.7 Å². The van der Waals surface area contributed by atoms with E-state index in [-0.39, 0.29) is 30.7 Å². The molecule has 1 aliphatic carbocycles. The number of hydrogen-bond acceptors (Lipinski definition) is 3. The molecule has 0 saturated heterocycles. The molecule has 2 N–H and O–H groups in total. The molecule has 6 heteroatoms. The van der Waals surface area contributed by atoms with Gasteiger partial charge in [0.1, 0.15) is 6.61 Å². The molecule has 0 radical (unpaired) electrons. The Labute approximate surface area is 133 Å². The van der Waals surface area contributed by atoms with Crippen LogP contribution in [0.2, 0.25) is 0 Å². The number of hydrogen-bond donors (Lipinski definition) is 2. The fourth-order valence-corrected chi connectivity index (χ4v) is 2.81. The van der Waals surface area contributed by atoms with Crippen molar-refractivity contribution in [2.45, 2.75) is 31.7 Å². The number of amides is 1. The highest BCUT2D eigenvalue weighted by Gasteiger charge is 2.27. The maximum Gasteiger partial charge on any atom is 0.251 e. The van der Waals surface area contributed by atoms with Crippen molar-refractivity contribution in [3.8, 4) is 18.1 Å². The second kappa shape index (κ2) is 7.93. The molecule has 4 nitrogen and oxygen atoms in total. The van der Waals surface area contributed by atoms with E-state index in [0.717, 1.165) is 37.8 Å². The molecule has 2 unspecified atom stereocenters. The quantitative estimate of drug-likeness (QED) is 0.817. The summed E-state index contributed by atoms with van der Waals surface area (Å²) in [5.74, 6) is -1.03. The molecule has 0 aromatic heterocycles. The van der Waals surface area contributed by atoms with Gasteiger partial charge >= 0.3 is 0 Å². The Balaban J connectivity index is 2.12. The smallest absolute Gasteiger partial charge is 0.251 e. The SMILES string of the molecule is C#CCOc1c(F)cc(C(=O)NC2CCCCC2CO)cc1F. The third kappa shape index (κ3) is 4.20. The van der Waals surface area contributed by atoms with Gasteiger partial charge in [-0.25, -0.2) is 8.78 Å². The lowest BCUT2D eigenvalue weighted by atomic mass is 9.85. The van der Waals surface area contributed by atoms with E-state index in [1.165, 1.54) is 0 Å². The van der Waals surface area contributed by atoms with Crippen LogP contribution < -0.4 is 10.1 Å². The highest BCUT2D eigenvalue weighted by molar-refractivity contribution is 5.94. The Morgan fingerprint density at radius 2 is 2.00 bits per heavy atom. The zero-order chi connectivity index (χ0) is 16.8. The van der Waals surface area contributed by atoms with E-state index in [2.05, 4.69) is 11.2 Å². The first-order valence-electron chi connectivity index (χ1n) is 7.53. The molecule has 1 fully saturated rings. The zero-order valence-corrected chi connectivity index (χ0v) is 12.6. The number of rotatable bonds is 5. The summed E-state index contributed by atoms with van der Waals surface area (Å²) in [6.45, 7) is -0.286. The standard InChI is InChI=1S/C17H19F2NO3/c1-2-7-23-16-13(18)8-12(9-14(16)19)17(22)20-15-6-4-3-5-11(15)10-21/h1,8-9,11,15,21H,3-7,10H2,(H,20,22). The summed E-state index contributed by atoms with van der Waals surface area (Å²) in [5, 5.41) is 12.1. The molecule has 2 rings (SSSR count). The number of carbonyl (C=O) groups is 1. The number of aliphatic hydroxyl groups excluding tert-OH is 1. The van der Waals surface area contributed by atoms with Gasteiger partial charge < -0.3 is 15.2 Å². The van der Waals surface area contributed by atoms with Crippen molar-refractivity contribution < 1.29 is 23.4 Å². The van der Waals surface area contributed by atoms with Crippen molar-refractivity contribution in [2.75, 3.05) is 13.2 Å². The topological polar surface area (TPSA) is 58.6 Å². The fraction of sp³-hybridized carbons (Fsp3) is 0.471. The number of terminal acetylenes is 1. The van der Waals surface area contributed by atoms with Gasteiger partial charge in [-0.2, -0.15) is 0 Å². The van der Waals surface area contributed by atoms with Crippen LogP contribution in [-0.4, -0.2) is 30.3 Å². The number of aliphatic hydroxyl groups is 1. The summed E-state index contributed by atoms with van der Waals surface area (Å²) in [6, 6.07) is 1.65. The Morgan fingerprint density at radius 3 is 2.61 bits per heavy atom. The van der Waals surface area contributed by atoms with Gasteiger partial charge in [-0.05, 0) is 25.0 Å². The van der Waals surface area contributed by atoms with Crippen molar-refractivity contribution in [1.29, 1.82) is 0 Å². The predicted molar refractivity (Wildman–Crippen MR) is 81.0 cm³/mol. The minimum atomic E-state index is -0.979. The Morgan fingerprint density at radius 1 is 1.35 bits per heavy atom. The second-order valence-corrected chi connectivity index (χ2v) is 5.57. The summed E-state index contributed by atoms with van der Waals surface area (Å²) in [6.07, 6.45) is 8.49. The summed E-state index contributed by atoms with van der Waals surface area (Å²) < 4.78 is 32.5. The van der Waals surface area contributed by atoms with Crippen LogP contribution in [0.5, 0.6) is 5.75 Å². The van der Waals surface area contributed by atoms with E-state index in [4.69, 9.17) is 11.2 Å². The van der Waals surface area contributed by atoms with Gasteiger partial charge in [-0.1, -0.05) is 18.8 Å². The average molecular weight is 323 g/mol. The molecular formula is C17H19F2NO3. The summed E-state index contributed by atoms with van der Waals surface area (Å²) in [5.41, 5.74) is -0.129. The van der Waals surface area contributed by atoms with Gasteiger partial charge in [0, 0.05) is 24.1 Å². The molecule has 124 valence electrons. The summed E-state index contributed by atoms with van der Waals surface area (Å²) >= 11 is 0. The molecule has 0 heterocycles. The van der Waals surface area contributed by atoms with Crippen LogP contribution in [-0.2, 0) is 0 Å². The highest BCUT2D eigenvalue weighted by atomic mass is 19.1. The molecule has 23 heavy (non-hydrogen) atoms. The zero-order valence-electron chi connectivity index (χ0n) is 12.6. The molecule has 0 aliphatic heterocycles. The van der Waals surface area contributed by atoms with Crippen LogP contribution in [0, 0.1) is 29.9 Å². The van der Waals surface area contributed by atoms with Gasteiger partial charge in [0.2, 0.25) is 0 Å². The van der Waals surface area contributed by atoms with Gasteiger partial charge in [0.25, 0.3) is 5.91 Å². The van der Waals surface area contributed by atoms with Gasteiger partial charge in [-0.15, -0.1) is 6.42 Å². The van der Waals surface area contributed by atoms with Gasteiger partial charge in [-0.3, -0.25) is 4.79 Å². The molecule has 1 aliphatic rings. The highest BCUT2D eigenvalue weighted by Crippen LogP contribution is 2.26. The van der Waals surface area contributed by atoms with Crippen molar-refractivity contribution in [3.63, 3.8) is 0 Å². The lowest BCUT2D eigenvalue weighted by molar-refractivity contribution is 0.0871. The Kier molecular flexibility index (Phi) is 5.94. The minimum absolute atomic E-state index is 0.0213. The Hall–Kier alpha value is -2.13. The first-order valence-corrected chi connectivity index (χ1v) is 7.53. The third-order valence-electron chi connectivity index (χ3n) is 4.02. The van der Waals surface area contributed by atoms with Crippen LogP contribution in [0.3, 0.4) is 0 Å². The van der Waals surface area contributed by atoms with E-state index in [1.807, 2.05) is 0 Å². The number of ether oxygens (including phenoxy) is 1. The number of nitrogens with one attached hydrogen (secondary N) is 1. The van der Waals surface area contributed by atoms with Crippen molar-refractivity contribution in [3.05, 3.63) is 29.3 Å². The second-order valence-electron chi connectivity index (χ2n) is 5.57.